The Hall–Kier alpha value is -0.930. The van der Waals surface area contributed by atoms with Crippen LogP contribution in [-0.4, -0.2) is 17.7 Å². The van der Waals surface area contributed by atoms with Gasteiger partial charge >= 0.3 is 0 Å². The Labute approximate surface area is 84.3 Å². The number of hydrogen-bond acceptors (Lipinski definition) is 3. The lowest BCUT2D eigenvalue weighted by Crippen LogP contribution is -2.31. The van der Waals surface area contributed by atoms with Crippen molar-refractivity contribution < 1.29 is 4.74 Å². The van der Waals surface area contributed by atoms with Crippen LogP contribution in [0.15, 0.2) is 24.5 Å². The monoisotopic (exact) mass is 192 g/mol. The fourth-order valence-electron chi connectivity index (χ4n) is 1.84. The number of pyridine rings is 1. The molecule has 3 heteroatoms. The maximum Gasteiger partial charge on any atom is 0.0768 e. The minimum Gasteiger partial charge on any atom is -0.376 e. The molecule has 14 heavy (non-hydrogen) atoms. The van der Waals surface area contributed by atoms with Crippen molar-refractivity contribution in [3.63, 3.8) is 0 Å². The van der Waals surface area contributed by atoms with Crippen LogP contribution in [0.1, 0.15) is 30.9 Å². The predicted molar refractivity (Wildman–Crippen MR) is 54.8 cm³/mol. The molecule has 3 nitrogen and oxygen atoms in total. The highest BCUT2D eigenvalue weighted by Gasteiger charge is 2.22. The van der Waals surface area contributed by atoms with Gasteiger partial charge in [0.25, 0.3) is 0 Å². The summed E-state index contributed by atoms with van der Waals surface area (Å²) in [7, 11) is 0. The largest absolute Gasteiger partial charge is 0.376 e. The van der Waals surface area contributed by atoms with Gasteiger partial charge in [-0.2, -0.15) is 0 Å². The van der Waals surface area contributed by atoms with Crippen LogP contribution < -0.4 is 5.73 Å². The summed E-state index contributed by atoms with van der Waals surface area (Å²) in [6.45, 7) is 0.846. The molecule has 1 aromatic rings. The maximum absolute atomic E-state index is 6.10. The standard InChI is InChI=1S/C11H16N2O/c12-11(9-4-3-6-13-8-9)10-5-1-2-7-14-10/h3-4,6,8,10-11H,1-2,5,7,12H2. The minimum absolute atomic E-state index is 0.0241. The number of nitrogens with two attached hydrogens (primary N) is 1. The van der Waals surface area contributed by atoms with Crippen molar-refractivity contribution in [1.29, 1.82) is 0 Å². The first-order valence-electron chi connectivity index (χ1n) is 5.15. The number of nitrogens with zero attached hydrogens (tertiary/aromatic N) is 1. The van der Waals surface area contributed by atoms with Gasteiger partial charge in [0.05, 0.1) is 12.1 Å². The van der Waals surface area contributed by atoms with Gasteiger partial charge in [-0.3, -0.25) is 4.98 Å². The van der Waals surface area contributed by atoms with Crippen molar-refractivity contribution in [1.82, 2.24) is 4.98 Å². The van der Waals surface area contributed by atoms with E-state index in [1.807, 2.05) is 18.3 Å². The molecule has 0 bridgehead atoms. The Morgan fingerprint density at radius 1 is 1.50 bits per heavy atom. The second-order valence-corrected chi connectivity index (χ2v) is 3.72. The Balaban J connectivity index is 2.03. The van der Waals surface area contributed by atoms with E-state index in [4.69, 9.17) is 10.5 Å². The van der Waals surface area contributed by atoms with E-state index >= 15 is 0 Å². The first-order chi connectivity index (χ1) is 6.88. The molecule has 2 atom stereocenters. The smallest absolute Gasteiger partial charge is 0.0768 e. The average Bonchev–Trinajstić information content (AvgIpc) is 2.30. The fourth-order valence-corrected chi connectivity index (χ4v) is 1.84. The molecule has 1 aliphatic rings. The van der Waals surface area contributed by atoms with Crippen molar-refractivity contribution in [2.24, 2.45) is 5.73 Å². The Bertz CT molecular complexity index is 270. The van der Waals surface area contributed by atoms with Crippen LogP contribution in [-0.2, 0) is 4.74 Å². The van der Waals surface area contributed by atoms with Crippen LogP contribution in [0.5, 0.6) is 0 Å². The molecule has 1 aliphatic heterocycles. The number of rotatable bonds is 2. The van der Waals surface area contributed by atoms with Crippen LogP contribution in [0, 0.1) is 0 Å². The minimum atomic E-state index is -0.0241. The highest BCUT2D eigenvalue weighted by Crippen LogP contribution is 2.23. The van der Waals surface area contributed by atoms with E-state index in [0.29, 0.717) is 0 Å². The molecule has 1 saturated heterocycles. The Kier molecular flexibility index (Phi) is 3.11. The summed E-state index contributed by atoms with van der Waals surface area (Å²) >= 11 is 0. The molecule has 0 radical (unpaired) electrons. The van der Waals surface area contributed by atoms with E-state index in [9.17, 15) is 0 Å². The lowest BCUT2D eigenvalue weighted by atomic mass is 9.98. The van der Waals surface area contributed by atoms with E-state index in [2.05, 4.69) is 4.98 Å². The zero-order chi connectivity index (χ0) is 9.80. The van der Waals surface area contributed by atoms with E-state index < -0.39 is 0 Å². The first-order valence-corrected chi connectivity index (χ1v) is 5.15. The van der Waals surface area contributed by atoms with Crippen molar-refractivity contribution >= 4 is 0 Å². The average molecular weight is 192 g/mol. The number of ether oxygens (including phenoxy) is 1. The Morgan fingerprint density at radius 3 is 3.07 bits per heavy atom. The van der Waals surface area contributed by atoms with Gasteiger partial charge < -0.3 is 10.5 Å². The van der Waals surface area contributed by atoms with E-state index in [1.165, 1.54) is 6.42 Å². The molecular weight excluding hydrogens is 176 g/mol. The summed E-state index contributed by atoms with van der Waals surface area (Å²) in [4.78, 5) is 4.07. The summed E-state index contributed by atoms with van der Waals surface area (Å²) in [5.41, 5.74) is 7.17. The van der Waals surface area contributed by atoms with Gasteiger partial charge in [-0.1, -0.05) is 6.07 Å². The summed E-state index contributed by atoms with van der Waals surface area (Å²) in [6.07, 6.45) is 7.21. The zero-order valence-corrected chi connectivity index (χ0v) is 8.23. The second-order valence-electron chi connectivity index (χ2n) is 3.72. The van der Waals surface area contributed by atoms with E-state index in [0.717, 1.165) is 25.0 Å². The highest BCUT2D eigenvalue weighted by molar-refractivity contribution is 5.14. The van der Waals surface area contributed by atoms with Crippen molar-refractivity contribution in [2.45, 2.75) is 31.4 Å². The third-order valence-corrected chi connectivity index (χ3v) is 2.68. The fraction of sp³-hybridized carbons (Fsp3) is 0.545. The van der Waals surface area contributed by atoms with E-state index in [-0.39, 0.29) is 12.1 Å². The highest BCUT2D eigenvalue weighted by atomic mass is 16.5. The molecule has 1 aromatic heterocycles. The third kappa shape index (κ3) is 2.11. The van der Waals surface area contributed by atoms with Crippen LogP contribution in [0.4, 0.5) is 0 Å². The topological polar surface area (TPSA) is 48.1 Å². The Morgan fingerprint density at radius 2 is 2.43 bits per heavy atom. The summed E-state index contributed by atoms with van der Waals surface area (Å²) < 4.78 is 5.64. The number of hydrogen-bond donors (Lipinski definition) is 1. The lowest BCUT2D eigenvalue weighted by Gasteiger charge is -2.27. The molecule has 0 saturated carbocycles. The molecule has 2 rings (SSSR count). The van der Waals surface area contributed by atoms with Crippen LogP contribution in [0.25, 0.3) is 0 Å². The van der Waals surface area contributed by atoms with Crippen LogP contribution in [0.2, 0.25) is 0 Å². The lowest BCUT2D eigenvalue weighted by molar-refractivity contribution is -0.0000461. The molecule has 2 N–H and O–H groups in total. The van der Waals surface area contributed by atoms with Gasteiger partial charge in [0.1, 0.15) is 0 Å². The summed E-state index contributed by atoms with van der Waals surface area (Å²) in [5.74, 6) is 0. The molecule has 1 fully saturated rings. The molecule has 0 aliphatic carbocycles. The molecule has 0 aromatic carbocycles. The molecule has 0 amide bonds. The maximum atomic E-state index is 6.10. The quantitative estimate of drug-likeness (QED) is 0.775. The number of aromatic nitrogens is 1. The SMILES string of the molecule is NC(c1cccnc1)C1CCCCO1. The summed E-state index contributed by atoms with van der Waals surface area (Å²) in [6, 6.07) is 3.90. The molecule has 2 heterocycles. The zero-order valence-electron chi connectivity index (χ0n) is 8.23. The van der Waals surface area contributed by atoms with Crippen molar-refractivity contribution in [3.8, 4) is 0 Å². The van der Waals surface area contributed by atoms with Gasteiger partial charge in [0, 0.05) is 19.0 Å². The van der Waals surface area contributed by atoms with Crippen molar-refractivity contribution in [2.75, 3.05) is 6.61 Å². The van der Waals surface area contributed by atoms with Crippen molar-refractivity contribution in [3.05, 3.63) is 30.1 Å². The van der Waals surface area contributed by atoms with Crippen LogP contribution in [0.3, 0.4) is 0 Å². The van der Waals surface area contributed by atoms with E-state index in [1.54, 1.807) is 6.20 Å². The normalized spacial score (nSPS) is 24.5. The summed E-state index contributed by atoms with van der Waals surface area (Å²) in [5, 5.41) is 0. The second kappa shape index (κ2) is 4.53. The van der Waals surface area contributed by atoms with Gasteiger partial charge in [-0.05, 0) is 30.9 Å². The first kappa shape index (κ1) is 9.62. The van der Waals surface area contributed by atoms with Crippen LogP contribution >= 0.6 is 0 Å². The van der Waals surface area contributed by atoms with Gasteiger partial charge in [0.2, 0.25) is 0 Å². The van der Waals surface area contributed by atoms with Gasteiger partial charge in [0.15, 0.2) is 0 Å². The van der Waals surface area contributed by atoms with Gasteiger partial charge in [-0.25, -0.2) is 0 Å². The third-order valence-electron chi connectivity index (χ3n) is 2.68. The molecule has 2 unspecified atom stereocenters. The molecule has 76 valence electrons. The van der Waals surface area contributed by atoms with Gasteiger partial charge in [-0.15, -0.1) is 0 Å². The molecular formula is C11H16N2O. The predicted octanol–water partition coefficient (Wildman–Crippen LogP) is 1.65. The molecule has 0 spiro atoms.